The molecule has 1 fully saturated rings. The molecule has 4 aromatic rings. The first-order valence-corrected chi connectivity index (χ1v) is 17.8. The van der Waals surface area contributed by atoms with Gasteiger partial charge in [0.25, 0.3) is 0 Å². The molecule has 286 valence electrons. The fourth-order valence-corrected chi connectivity index (χ4v) is 6.78. The Balaban J connectivity index is 0.000000730. The Morgan fingerprint density at radius 3 is 2.30 bits per heavy atom. The number of fused-ring (bicyclic) bond motifs is 2. The Hall–Kier alpha value is -5.47. The number of nitrogens with one attached hydrogen (secondary N) is 2. The van der Waals surface area contributed by atoms with Gasteiger partial charge in [-0.05, 0) is 64.8 Å². The number of nitrogens with two attached hydrogens (primary N) is 2. The molecule has 0 spiro atoms. The molecule has 0 radical (unpaired) electrons. The molecule has 1 saturated heterocycles. The minimum atomic E-state index is -5.08. The monoisotopic (exact) mass is 746 g/mol. The number of carboxylic acids is 1. The van der Waals surface area contributed by atoms with E-state index in [-0.39, 0.29) is 29.9 Å². The van der Waals surface area contributed by atoms with Crippen molar-refractivity contribution < 1.29 is 37.4 Å². The van der Waals surface area contributed by atoms with Crippen molar-refractivity contribution in [2.75, 3.05) is 13.1 Å². The molecule has 2 aliphatic heterocycles. The van der Waals surface area contributed by atoms with Crippen LogP contribution in [0.2, 0.25) is 0 Å². The van der Waals surface area contributed by atoms with Gasteiger partial charge in [0.2, 0.25) is 11.8 Å². The minimum Gasteiger partial charge on any atom is -0.475 e. The average Bonchev–Trinajstić information content (AvgIpc) is 3.57. The van der Waals surface area contributed by atoms with Gasteiger partial charge < -0.3 is 36.8 Å². The van der Waals surface area contributed by atoms with Crippen LogP contribution in [0.4, 0.5) is 13.2 Å². The maximum atomic E-state index is 14.5. The molecule has 11 nitrogen and oxygen atoms in total. The van der Waals surface area contributed by atoms with E-state index < -0.39 is 24.2 Å². The van der Waals surface area contributed by atoms with E-state index in [1.54, 1.807) is 0 Å². The number of ether oxygens (including phenoxy) is 1. The lowest BCUT2D eigenvalue weighted by Gasteiger charge is -2.31. The summed E-state index contributed by atoms with van der Waals surface area (Å²) in [6, 6.07) is 31.4. The van der Waals surface area contributed by atoms with Gasteiger partial charge >= 0.3 is 12.1 Å². The molecule has 2 amide bonds. The predicted molar refractivity (Wildman–Crippen MR) is 199 cm³/mol. The number of halogens is 3. The second-order valence-corrected chi connectivity index (χ2v) is 13.4. The number of aliphatic imine (C=N–C) groups is 1. The lowest BCUT2D eigenvalue weighted by molar-refractivity contribution is -0.192. The van der Waals surface area contributed by atoms with Crippen LogP contribution in [-0.4, -0.2) is 77.2 Å². The molecule has 4 atom stereocenters. The van der Waals surface area contributed by atoms with Gasteiger partial charge in [0.1, 0.15) is 6.04 Å². The van der Waals surface area contributed by atoms with Crippen molar-refractivity contribution in [3.8, 4) is 0 Å². The van der Waals surface area contributed by atoms with E-state index in [4.69, 9.17) is 26.1 Å². The highest BCUT2D eigenvalue weighted by molar-refractivity contribution is 5.90. The largest absolute Gasteiger partial charge is 0.490 e. The van der Waals surface area contributed by atoms with Gasteiger partial charge in [-0.15, -0.1) is 0 Å². The molecule has 0 bridgehead atoms. The number of aliphatic carboxylic acids is 1. The number of carbonyl (C=O) groups is 3. The van der Waals surface area contributed by atoms with Crippen LogP contribution in [0, 0.1) is 0 Å². The first kappa shape index (κ1) is 39.7. The van der Waals surface area contributed by atoms with E-state index in [9.17, 15) is 22.8 Å². The number of carbonyl (C=O) groups excluding carboxylic acids is 2. The number of likely N-dealkylation sites (tertiary alicyclic amines) is 1. The SMILES string of the molecule is NC(N)=NCCC[C@@H]1C[C@H](OCc2ccc3ccccc3c2)CN1C(=O)[C@@H](Cc1ccccc1)NC(=O)[C@@H]1Cc2ccccc2CN1.O=C(O)C(F)(F)F. The maximum absolute atomic E-state index is 14.5. The van der Waals surface area contributed by atoms with Crippen molar-refractivity contribution in [1.29, 1.82) is 0 Å². The molecule has 2 aliphatic rings. The van der Waals surface area contributed by atoms with Crippen molar-refractivity contribution in [3.63, 3.8) is 0 Å². The van der Waals surface area contributed by atoms with Crippen LogP contribution in [0.15, 0.2) is 102 Å². The normalized spacial score (nSPS) is 18.5. The quantitative estimate of drug-likeness (QED) is 0.0804. The molecule has 0 unspecified atom stereocenters. The zero-order valence-electron chi connectivity index (χ0n) is 29.7. The molecule has 54 heavy (non-hydrogen) atoms. The van der Waals surface area contributed by atoms with E-state index in [0.29, 0.717) is 45.5 Å². The van der Waals surface area contributed by atoms with Crippen molar-refractivity contribution in [2.24, 2.45) is 16.5 Å². The van der Waals surface area contributed by atoms with Crippen LogP contribution in [0.1, 0.15) is 41.5 Å². The predicted octanol–water partition coefficient (Wildman–Crippen LogP) is 4.45. The number of alkyl halides is 3. The molecule has 4 aromatic carbocycles. The number of rotatable bonds is 12. The smallest absolute Gasteiger partial charge is 0.475 e. The standard InChI is InChI=1S/C38H44N6O3.C2HF3O2/c39-38(40)41-18-8-15-32-22-33(47-25-27-16-17-28-11-4-5-12-29(28)19-27)24-44(32)37(46)35(20-26-9-2-1-3-10-26)43-36(45)34-21-30-13-6-7-14-31(30)23-42-34;3-2(4,5)1(6)7/h1-7,9-14,16-17,19,32-35,42H,8,15,18,20-25H2,(H,43,45)(H4,39,40,41);(H,6,7)/t32-,33+,34+,35-;/m1./s1. The Labute approximate surface area is 311 Å². The number of nitrogens with zero attached hydrogens (tertiary/aromatic N) is 2. The van der Waals surface area contributed by atoms with Crippen LogP contribution >= 0.6 is 0 Å². The fraction of sp³-hybridized carbons (Fsp3) is 0.350. The summed E-state index contributed by atoms with van der Waals surface area (Å²) in [5.74, 6) is -2.96. The molecule has 14 heteroatoms. The van der Waals surface area contributed by atoms with Crippen LogP contribution in [0.25, 0.3) is 10.8 Å². The molecule has 0 aromatic heterocycles. The van der Waals surface area contributed by atoms with Gasteiger partial charge in [-0.3, -0.25) is 14.6 Å². The summed E-state index contributed by atoms with van der Waals surface area (Å²) in [7, 11) is 0. The first-order chi connectivity index (χ1) is 25.9. The third-order valence-corrected chi connectivity index (χ3v) is 9.49. The summed E-state index contributed by atoms with van der Waals surface area (Å²) < 4.78 is 38.2. The molecule has 0 aliphatic carbocycles. The van der Waals surface area contributed by atoms with Crippen molar-refractivity contribution >= 4 is 34.5 Å². The van der Waals surface area contributed by atoms with Gasteiger partial charge in [0.15, 0.2) is 5.96 Å². The molecule has 6 rings (SSSR count). The zero-order chi connectivity index (χ0) is 38.7. The molecular weight excluding hydrogens is 701 g/mol. The first-order valence-electron chi connectivity index (χ1n) is 17.8. The Bertz CT molecular complexity index is 1920. The topological polar surface area (TPSA) is 172 Å². The van der Waals surface area contributed by atoms with E-state index in [0.717, 1.165) is 29.5 Å². The van der Waals surface area contributed by atoms with Crippen molar-refractivity contribution in [3.05, 3.63) is 119 Å². The van der Waals surface area contributed by atoms with Crippen LogP contribution in [0.3, 0.4) is 0 Å². The number of benzene rings is 4. The summed E-state index contributed by atoms with van der Waals surface area (Å²) >= 11 is 0. The zero-order valence-corrected chi connectivity index (χ0v) is 29.7. The van der Waals surface area contributed by atoms with E-state index in [2.05, 4.69) is 58.1 Å². The number of hydrogen-bond acceptors (Lipinski definition) is 6. The molecule has 0 saturated carbocycles. The second-order valence-electron chi connectivity index (χ2n) is 13.4. The van der Waals surface area contributed by atoms with E-state index in [1.807, 2.05) is 59.5 Å². The minimum absolute atomic E-state index is 0.0607. The number of guanidine groups is 1. The Kier molecular flexibility index (Phi) is 13.6. The van der Waals surface area contributed by atoms with Crippen molar-refractivity contribution in [1.82, 2.24) is 15.5 Å². The van der Waals surface area contributed by atoms with Gasteiger partial charge in [0, 0.05) is 32.1 Å². The highest BCUT2D eigenvalue weighted by atomic mass is 19.4. The highest BCUT2D eigenvalue weighted by Gasteiger charge is 2.40. The summed E-state index contributed by atoms with van der Waals surface area (Å²) in [5.41, 5.74) is 15.6. The van der Waals surface area contributed by atoms with E-state index in [1.165, 1.54) is 16.3 Å². The van der Waals surface area contributed by atoms with Gasteiger partial charge in [-0.1, -0.05) is 91.0 Å². The van der Waals surface area contributed by atoms with Crippen LogP contribution < -0.4 is 22.1 Å². The summed E-state index contributed by atoms with van der Waals surface area (Å²) in [6.07, 6.45) is -2.09. The van der Waals surface area contributed by atoms with Gasteiger partial charge in [-0.25, -0.2) is 4.79 Å². The van der Waals surface area contributed by atoms with Crippen LogP contribution in [0.5, 0.6) is 0 Å². The lowest BCUT2D eigenvalue weighted by atomic mass is 9.95. The van der Waals surface area contributed by atoms with E-state index >= 15 is 0 Å². The average molecular weight is 747 g/mol. The Morgan fingerprint density at radius 2 is 1.59 bits per heavy atom. The number of hydrogen-bond donors (Lipinski definition) is 5. The summed E-state index contributed by atoms with van der Waals surface area (Å²) in [6.45, 7) is 2.01. The summed E-state index contributed by atoms with van der Waals surface area (Å²) in [4.78, 5) is 43.1. The lowest BCUT2D eigenvalue weighted by Crippen LogP contribution is -2.56. The number of amides is 2. The third kappa shape index (κ3) is 11.3. The second kappa shape index (κ2) is 18.5. The van der Waals surface area contributed by atoms with Crippen LogP contribution in [-0.2, 0) is 45.1 Å². The summed E-state index contributed by atoms with van der Waals surface area (Å²) in [5, 5.41) is 16.0. The molecular formula is C40H45F3N6O5. The Morgan fingerprint density at radius 1 is 0.926 bits per heavy atom. The maximum Gasteiger partial charge on any atom is 0.490 e. The van der Waals surface area contributed by atoms with Gasteiger partial charge in [0.05, 0.1) is 18.8 Å². The highest BCUT2D eigenvalue weighted by Crippen LogP contribution is 2.27. The number of carboxylic acid groups (broad SMARTS) is 1. The van der Waals surface area contributed by atoms with Crippen molar-refractivity contribution in [2.45, 2.75) is 75.7 Å². The fourth-order valence-electron chi connectivity index (χ4n) is 6.78. The third-order valence-electron chi connectivity index (χ3n) is 9.49. The van der Waals surface area contributed by atoms with Gasteiger partial charge in [-0.2, -0.15) is 13.2 Å². The molecule has 2 heterocycles. The molecule has 7 N–H and O–H groups in total.